The van der Waals surface area contributed by atoms with Gasteiger partial charge < -0.3 is 10.2 Å². The third-order valence-electron chi connectivity index (χ3n) is 4.81. The largest absolute Gasteiger partial charge is 0.369 e. The van der Waals surface area contributed by atoms with Crippen LogP contribution in [0.1, 0.15) is 16.8 Å². The first kappa shape index (κ1) is 22.0. The van der Waals surface area contributed by atoms with Crippen LogP contribution < -0.4 is 10.2 Å². The molecule has 6 nitrogen and oxygen atoms in total. The average molecular weight is 531 g/mol. The number of carbonyl (C=O) groups is 1. The Balaban J connectivity index is 1.44. The summed E-state index contributed by atoms with van der Waals surface area (Å²) >= 11 is 2.10. The van der Waals surface area contributed by atoms with E-state index in [0.717, 1.165) is 9.26 Å². The Kier molecular flexibility index (Phi) is 7.47. The van der Waals surface area contributed by atoms with Crippen molar-refractivity contribution < 1.29 is 17.6 Å². The standard InChI is InChI=1S/C20H23FIN3O3S/c21-16-6-8-17(9-7-16)24-11-13-25(14-12-24)29(27,28)15-3-10-23-20(26)18-4-1-2-5-19(18)22/h1-2,4-9H,3,10-15H2,(H,23,26). The summed E-state index contributed by atoms with van der Waals surface area (Å²) < 4.78 is 40.6. The van der Waals surface area contributed by atoms with Crippen molar-refractivity contribution in [3.8, 4) is 0 Å². The number of sulfonamides is 1. The lowest BCUT2D eigenvalue weighted by molar-refractivity contribution is 0.0952. The van der Waals surface area contributed by atoms with Crippen molar-refractivity contribution in [2.75, 3.05) is 43.4 Å². The Hall–Kier alpha value is -1.72. The molecule has 1 heterocycles. The van der Waals surface area contributed by atoms with Crippen LogP contribution in [0.2, 0.25) is 0 Å². The van der Waals surface area contributed by atoms with E-state index in [1.165, 1.54) is 16.4 Å². The summed E-state index contributed by atoms with van der Waals surface area (Å²) in [4.78, 5) is 14.2. The zero-order chi connectivity index (χ0) is 20.9. The number of halogens is 2. The molecule has 1 amide bonds. The predicted molar refractivity (Wildman–Crippen MR) is 120 cm³/mol. The van der Waals surface area contributed by atoms with Gasteiger partial charge in [-0.15, -0.1) is 0 Å². The van der Waals surface area contributed by atoms with Gasteiger partial charge in [-0.3, -0.25) is 4.79 Å². The van der Waals surface area contributed by atoms with Crippen LogP contribution in [-0.2, 0) is 10.0 Å². The molecule has 1 aliphatic heterocycles. The van der Waals surface area contributed by atoms with E-state index >= 15 is 0 Å². The van der Waals surface area contributed by atoms with Gasteiger partial charge in [-0.05, 0) is 65.4 Å². The van der Waals surface area contributed by atoms with E-state index in [0.29, 0.717) is 44.7 Å². The second kappa shape index (κ2) is 9.86. The summed E-state index contributed by atoms with van der Waals surface area (Å²) in [5.41, 5.74) is 1.48. The average Bonchev–Trinajstić information content (AvgIpc) is 2.72. The number of hydrogen-bond acceptors (Lipinski definition) is 4. The fourth-order valence-electron chi connectivity index (χ4n) is 3.20. The summed E-state index contributed by atoms with van der Waals surface area (Å²) in [6.07, 6.45) is 0.357. The summed E-state index contributed by atoms with van der Waals surface area (Å²) in [5.74, 6) is -0.486. The zero-order valence-corrected chi connectivity index (χ0v) is 18.8. The lowest BCUT2D eigenvalue weighted by Gasteiger charge is -2.35. The molecule has 1 aliphatic rings. The van der Waals surface area contributed by atoms with E-state index in [-0.39, 0.29) is 17.5 Å². The fraction of sp³-hybridized carbons (Fsp3) is 0.350. The van der Waals surface area contributed by atoms with Gasteiger partial charge in [0.1, 0.15) is 5.82 Å². The van der Waals surface area contributed by atoms with Gasteiger partial charge in [0, 0.05) is 42.0 Å². The minimum Gasteiger partial charge on any atom is -0.369 e. The Bertz CT molecular complexity index is 946. The molecular weight excluding hydrogens is 508 g/mol. The van der Waals surface area contributed by atoms with E-state index in [9.17, 15) is 17.6 Å². The Labute approximate surface area is 184 Å². The molecule has 3 rings (SSSR count). The third kappa shape index (κ3) is 5.89. The van der Waals surface area contributed by atoms with Gasteiger partial charge in [0.05, 0.1) is 11.3 Å². The van der Waals surface area contributed by atoms with Crippen LogP contribution in [0.3, 0.4) is 0 Å². The molecule has 0 radical (unpaired) electrons. The maximum absolute atomic E-state index is 13.1. The molecule has 0 aliphatic carbocycles. The number of amides is 1. The minimum atomic E-state index is -3.37. The number of anilines is 1. The Morgan fingerprint density at radius 3 is 2.34 bits per heavy atom. The van der Waals surface area contributed by atoms with Crippen molar-refractivity contribution in [1.82, 2.24) is 9.62 Å². The van der Waals surface area contributed by atoms with Crippen molar-refractivity contribution in [1.29, 1.82) is 0 Å². The van der Waals surface area contributed by atoms with E-state index in [4.69, 9.17) is 0 Å². The molecule has 1 fully saturated rings. The van der Waals surface area contributed by atoms with E-state index < -0.39 is 10.0 Å². The Morgan fingerprint density at radius 2 is 1.69 bits per heavy atom. The second-order valence-electron chi connectivity index (χ2n) is 6.77. The second-order valence-corrected chi connectivity index (χ2v) is 10.0. The fourth-order valence-corrected chi connectivity index (χ4v) is 5.32. The van der Waals surface area contributed by atoms with Gasteiger partial charge in [-0.2, -0.15) is 4.31 Å². The first-order chi connectivity index (χ1) is 13.9. The molecule has 156 valence electrons. The van der Waals surface area contributed by atoms with Crippen LogP contribution in [0.4, 0.5) is 10.1 Å². The van der Waals surface area contributed by atoms with Gasteiger partial charge >= 0.3 is 0 Å². The van der Waals surface area contributed by atoms with Crippen molar-refractivity contribution in [3.05, 3.63) is 63.5 Å². The molecular formula is C20H23FIN3O3S. The Morgan fingerprint density at radius 1 is 1.03 bits per heavy atom. The number of nitrogens with one attached hydrogen (secondary N) is 1. The predicted octanol–water partition coefficient (Wildman–Crippen LogP) is 2.70. The minimum absolute atomic E-state index is 0.00426. The van der Waals surface area contributed by atoms with Gasteiger partial charge in [0.2, 0.25) is 10.0 Å². The highest BCUT2D eigenvalue weighted by atomic mass is 127. The van der Waals surface area contributed by atoms with Crippen LogP contribution >= 0.6 is 22.6 Å². The van der Waals surface area contributed by atoms with Gasteiger partial charge in [0.25, 0.3) is 5.91 Å². The molecule has 0 bridgehead atoms. The number of hydrogen-bond donors (Lipinski definition) is 1. The molecule has 0 saturated carbocycles. The van der Waals surface area contributed by atoms with Crippen molar-refractivity contribution in [2.24, 2.45) is 0 Å². The highest BCUT2D eigenvalue weighted by molar-refractivity contribution is 14.1. The third-order valence-corrected chi connectivity index (χ3v) is 7.70. The molecule has 2 aromatic carbocycles. The molecule has 0 unspecified atom stereocenters. The van der Waals surface area contributed by atoms with Crippen molar-refractivity contribution >= 4 is 44.2 Å². The van der Waals surface area contributed by atoms with Crippen LogP contribution in [0.15, 0.2) is 48.5 Å². The molecule has 29 heavy (non-hydrogen) atoms. The van der Waals surface area contributed by atoms with Crippen molar-refractivity contribution in [3.63, 3.8) is 0 Å². The number of rotatable bonds is 7. The lowest BCUT2D eigenvalue weighted by atomic mass is 10.2. The zero-order valence-electron chi connectivity index (χ0n) is 15.9. The summed E-state index contributed by atoms with van der Waals surface area (Å²) in [5, 5.41) is 2.78. The maximum atomic E-state index is 13.1. The number of carbonyl (C=O) groups excluding carboxylic acids is 1. The molecule has 0 aromatic heterocycles. The van der Waals surface area contributed by atoms with E-state index in [2.05, 4.69) is 27.9 Å². The number of piperazine rings is 1. The molecule has 2 aromatic rings. The first-order valence-electron chi connectivity index (χ1n) is 9.38. The number of nitrogens with zero attached hydrogens (tertiary/aromatic N) is 2. The monoisotopic (exact) mass is 531 g/mol. The molecule has 0 spiro atoms. The van der Waals surface area contributed by atoms with Crippen LogP contribution in [0.25, 0.3) is 0 Å². The van der Waals surface area contributed by atoms with Gasteiger partial charge in [-0.1, -0.05) is 12.1 Å². The smallest absolute Gasteiger partial charge is 0.252 e. The molecule has 1 saturated heterocycles. The van der Waals surface area contributed by atoms with E-state index in [1.807, 2.05) is 17.0 Å². The molecule has 0 atom stereocenters. The SMILES string of the molecule is O=C(NCCCS(=O)(=O)N1CCN(c2ccc(F)cc2)CC1)c1ccccc1I. The van der Waals surface area contributed by atoms with Crippen LogP contribution in [0, 0.1) is 9.39 Å². The molecule has 9 heteroatoms. The summed E-state index contributed by atoms with van der Waals surface area (Å²) in [6.45, 7) is 2.23. The highest BCUT2D eigenvalue weighted by Crippen LogP contribution is 2.18. The van der Waals surface area contributed by atoms with Crippen molar-refractivity contribution in [2.45, 2.75) is 6.42 Å². The van der Waals surface area contributed by atoms with E-state index in [1.54, 1.807) is 24.3 Å². The normalized spacial score (nSPS) is 15.3. The molecule has 1 N–H and O–H groups in total. The maximum Gasteiger partial charge on any atom is 0.252 e. The summed E-state index contributed by atoms with van der Waals surface area (Å²) in [7, 11) is -3.37. The highest BCUT2D eigenvalue weighted by Gasteiger charge is 2.26. The quantitative estimate of drug-likeness (QED) is 0.441. The van der Waals surface area contributed by atoms with Gasteiger partial charge in [0.15, 0.2) is 0 Å². The summed E-state index contributed by atoms with van der Waals surface area (Å²) in [6, 6.07) is 13.5. The van der Waals surface area contributed by atoms with Gasteiger partial charge in [-0.25, -0.2) is 12.8 Å². The van der Waals surface area contributed by atoms with Crippen LogP contribution in [0.5, 0.6) is 0 Å². The number of benzene rings is 2. The van der Waals surface area contributed by atoms with Crippen LogP contribution in [-0.4, -0.2) is 57.1 Å². The lowest BCUT2D eigenvalue weighted by Crippen LogP contribution is -2.49. The first-order valence-corrected chi connectivity index (χ1v) is 12.1. The topological polar surface area (TPSA) is 69.7 Å².